The number of aliphatic hydroxyl groups is 1. The van der Waals surface area contributed by atoms with E-state index in [-0.39, 0.29) is 12.4 Å². The van der Waals surface area contributed by atoms with Crippen LogP contribution in [0.15, 0.2) is 6.33 Å². The number of hydrogen-bond acceptors (Lipinski definition) is 8. The lowest BCUT2D eigenvalue weighted by atomic mass is 9.98. The van der Waals surface area contributed by atoms with Crippen LogP contribution in [0.1, 0.15) is 40.0 Å². The van der Waals surface area contributed by atoms with E-state index in [2.05, 4.69) is 37.5 Å². The first-order valence-corrected chi connectivity index (χ1v) is 8.84. The molecule has 26 heavy (non-hydrogen) atoms. The molecule has 0 fully saturated rings. The van der Waals surface area contributed by atoms with Crippen molar-refractivity contribution in [3.63, 3.8) is 0 Å². The van der Waals surface area contributed by atoms with Crippen molar-refractivity contribution in [2.45, 2.75) is 45.6 Å². The van der Waals surface area contributed by atoms with Gasteiger partial charge in [-0.05, 0) is 19.3 Å². The summed E-state index contributed by atoms with van der Waals surface area (Å²) in [6, 6.07) is 0. The first-order valence-electron chi connectivity index (χ1n) is 8.84. The zero-order valence-corrected chi connectivity index (χ0v) is 17.0. The Kier molecular flexibility index (Phi) is 8.23. The number of aromatic nitrogens is 4. The molecule has 0 radical (unpaired) electrons. The van der Waals surface area contributed by atoms with Crippen molar-refractivity contribution < 1.29 is 5.11 Å². The average Bonchev–Trinajstić information content (AvgIpc) is 2.63. The van der Waals surface area contributed by atoms with E-state index >= 15 is 0 Å². The number of rotatable bonds is 9. The molecule has 0 unspecified atom stereocenters. The maximum atomic E-state index is 10.5. The third-order valence-electron chi connectivity index (χ3n) is 4.31. The lowest BCUT2D eigenvalue weighted by Gasteiger charge is -2.25. The number of halogens is 1. The van der Waals surface area contributed by atoms with E-state index in [1.54, 1.807) is 0 Å². The molecule has 0 aromatic carbocycles. The van der Waals surface area contributed by atoms with Crippen LogP contribution in [0.5, 0.6) is 0 Å². The zero-order chi connectivity index (χ0) is 18.4. The van der Waals surface area contributed by atoms with E-state index in [1.807, 2.05) is 32.8 Å². The molecule has 2 heterocycles. The van der Waals surface area contributed by atoms with Crippen LogP contribution in [0, 0.1) is 0 Å². The highest BCUT2D eigenvalue weighted by molar-refractivity contribution is 5.93. The fourth-order valence-electron chi connectivity index (χ4n) is 2.38. The van der Waals surface area contributed by atoms with Gasteiger partial charge in [-0.2, -0.15) is 4.98 Å². The zero-order valence-electron chi connectivity index (χ0n) is 16.2. The summed E-state index contributed by atoms with van der Waals surface area (Å²) < 4.78 is 0. The lowest BCUT2D eigenvalue weighted by molar-refractivity contribution is 0.0456. The number of nitrogens with zero attached hydrogens (tertiary/aromatic N) is 5. The van der Waals surface area contributed by atoms with Crippen LogP contribution in [0.3, 0.4) is 0 Å². The van der Waals surface area contributed by atoms with Crippen molar-refractivity contribution >= 4 is 41.0 Å². The Balaban J connectivity index is 0.00000338. The SMILES string of the molecule is CCCNc1nc(N(C)C)nc2c(NCC(O)(CC)CC)ncnc12.Cl. The van der Waals surface area contributed by atoms with Crippen molar-refractivity contribution in [1.82, 2.24) is 19.9 Å². The van der Waals surface area contributed by atoms with Crippen molar-refractivity contribution in [3.05, 3.63) is 6.33 Å². The number of fused-ring (bicyclic) bond motifs is 1. The van der Waals surface area contributed by atoms with Crippen LogP contribution in [0.2, 0.25) is 0 Å². The van der Waals surface area contributed by atoms with E-state index in [1.165, 1.54) is 6.33 Å². The molecule has 0 aliphatic rings. The second-order valence-electron chi connectivity index (χ2n) is 6.40. The molecule has 0 aliphatic heterocycles. The second kappa shape index (κ2) is 9.68. The van der Waals surface area contributed by atoms with E-state index < -0.39 is 5.60 Å². The number of anilines is 3. The lowest BCUT2D eigenvalue weighted by Crippen LogP contribution is -2.35. The van der Waals surface area contributed by atoms with Gasteiger partial charge in [0.2, 0.25) is 5.95 Å². The smallest absolute Gasteiger partial charge is 0.227 e. The molecule has 0 amide bonds. The van der Waals surface area contributed by atoms with Gasteiger partial charge in [-0.1, -0.05) is 20.8 Å². The molecule has 0 saturated carbocycles. The molecule has 2 rings (SSSR count). The molecule has 0 saturated heterocycles. The van der Waals surface area contributed by atoms with Crippen molar-refractivity contribution in [2.75, 3.05) is 42.7 Å². The highest BCUT2D eigenvalue weighted by atomic mass is 35.5. The highest BCUT2D eigenvalue weighted by Gasteiger charge is 2.23. The molecule has 0 bridgehead atoms. The minimum atomic E-state index is -0.766. The highest BCUT2D eigenvalue weighted by Crippen LogP contribution is 2.26. The Morgan fingerprint density at radius 2 is 1.69 bits per heavy atom. The van der Waals surface area contributed by atoms with Gasteiger partial charge < -0.3 is 20.6 Å². The summed E-state index contributed by atoms with van der Waals surface area (Å²) >= 11 is 0. The van der Waals surface area contributed by atoms with Crippen molar-refractivity contribution in [3.8, 4) is 0 Å². The largest absolute Gasteiger partial charge is 0.388 e. The number of hydrogen-bond donors (Lipinski definition) is 3. The van der Waals surface area contributed by atoms with Gasteiger partial charge in [0.05, 0.1) is 5.60 Å². The molecular weight excluding hydrogens is 354 g/mol. The Morgan fingerprint density at radius 3 is 2.27 bits per heavy atom. The van der Waals surface area contributed by atoms with Crippen molar-refractivity contribution in [1.29, 1.82) is 0 Å². The standard InChI is InChI=1S/C17H29N7O.ClH/c1-6-9-18-15-12-13(22-16(23-15)24(4)5)14(21-11-20-12)19-10-17(25,7-2)8-3;/h11,25H,6-10H2,1-5H3,(H,18,22,23)(H,19,20,21);1H. The minimum Gasteiger partial charge on any atom is -0.388 e. The first-order chi connectivity index (χ1) is 11.9. The van der Waals surface area contributed by atoms with Gasteiger partial charge in [-0.3, -0.25) is 0 Å². The molecule has 8 nitrogen and oxygen atoms in total. The predicted octanol–water partition coefficient (Wildman–Crippen LogP) is 2.69. The summed E-state index contributed by atoms with van der Waals surface area (Å²) in [5.74, 6) is 1.89. The first kappa shape index (κ1) is 22.1. The van der Waals surface area contributed by atoms with E-state index in [9.17, 15) is 5.11 Å². The van der Waals surface area contributed by atoms with E-state index in [0.717, 1.165) is 13.0 Å². The molecule has 9 heteroatoms. The molecule has 146 valence electrons. The van der Waals surface area contributed by atoms with Crippen molar-refractivity contribution in [2.24, 2.45) is 0 Å². The normalized spacial score (nSPS) is 11.2. The van der Waals surface area contributed by atoms with Gasteiger partial charge in [0.25, 0.3) is 0 Å². The molecule has 3 N–H and O–H groups in total. The Hall–Kier alpha value is -1.93. The summed E-state index contributed by atoms with van der Waals surface area (Å²) in [4.78, 5) is 19.7. The van der Waals surface area contributed by atoms with Crippen LogP contribution in [0.4, 0.5) is 17.6 Å². The van der Waals surface area contributed by atoms with Crippen LogP contribution < -0.4 is 15.5 Å². The van der Waals surface area contributed by atoms with Gasteiger partial charge in [0.1, 0.15) is 17.4 Å². The third kappa shape index (κ3) is 5.04. The second-order valence-corrected chi connectivity index (χ2v) is 6.40. The maximum Gasteiger partial charge on any atom is 0.227 e. The molecule has 0 atom stereocenters. The number of nitrogens with one attached hydrogen (secondary N) is 2. The quantitative estimate of drug-likeness (QED) is 0.607. The third-order valence-corrected chi connectivity index (χ3v) is 4.31. The molecule has 2 aromatic heterocycles. The van der Waals surface area contributed by atoms with Gasteiger partial charge in [-0.15, -0.1) is 12.4 Å². The van der Waals surface area contributed by atoms with Gasteiger partial charge >= 0.3 is 0 Å². The monoisotopic (exact) mass is 383 g/mol. The Labute approximate surface area is 161 Å². The van der Waals surface area contributed by atoms with Gasteiger partial charge in [0, 0.05) is 27.2 Å². The predicted molar refractivity (Wildman–Crippen MR) is 110 cm³/mol. The van der Waals surface area contributed by atoms with E-state index in [0.29, 0.717) is 48.0 Å². The van der Waals surface area contributed by atoms with Gasteiger partial charge in [0.15, 0.2) is 11.6 Å². The van der Waals surface area contributed by atoms with Crippen LogP contribution in [-0.2, 0) is 0 Å². The summed E-state index contributed by atoms with van der Waals surface area (Å²) in [7, 11) is 3.79. The van der Waals surface area contributed by atoms with Crippen LogP contribution >= 0.6 is 12.4 Å². The minimum absolute atomic E-state index is 0. The summed E-state index contributed by atoms with van der Waals surface area (Å²) in [6.07, 6.45) is 3.82. The molecule has 0 spiro atoms. The molecule has 2 aromatic rings. The summed E-state index contributed by atoms with van der Waals surface area (Å²) in [5.41, 5.74) is 0.556. The summed E-state index contributed by atoms with van der Waals surface area (Å²) in [5, 5.41) is 17.1. The maximum absolute atomic E-state index is 10.5. The fraction of sp³-hybridized carbons (Fsp3) is 0.647. The summed E-state index contributed by atoms with van der Waals surface area (Å²) in [6.45, 7) is 7.26. The average molecular weight is 384 g/mol. The molecule has 0 aliphatic carbocycles. The van der Waals surface area contributed by atoms with Crippen LogP contribution in [-0.4, -0.2) is 57.8 Å². The fourth-order valence-corrected chi connectivity index (χ4v) is 2.38. The Bertz CT molecular complexity index is 707. The van der Waals surface area contributed by atoms with Gasteiger partial charge in [-0.25, -0.2) is 15.0 Å². The molecular formula is C17H30ClN7O. The van der Waals surface area contributed by atoms with Crippen LogP contribution in [0.25, 0.3) is 11.0 Å². The topological polar surface area (TPSA) is 99.1 Å². The van der Waals surface area contributed by atoms with E-state index in [4.69, 9.17) is 0 Å². The Morgan fingerprint density at radius 1 is 1.00 bits per heavy atom.